The fourth-order valence-corrected chi connectivity index (χ4v) is 1.63. The van der Waals surface area contributed by atoms with Crippen LogP contribution >= 0.6 is 0 Å². The molecule has 1 aromatic rings. The van der Waals surface area contributed by atoms with Crippen LogP contribution in [0.25, 0.3) is 0 Å². The molecule has 1 heterocycles. The minimum Gasteiger partial charge on any atom is -0.486 e. The molecule has 104 valence electrons. The van der Waals surface area contributed by atoms with Gasteiger partial charge in [-0.05, 0) is 12.1 Å². The molecule has 0 bridgehead atoms. The maximum Gasteiger partial charge on any atom is 0.265 e. The average molecular weight is 273 g/mol. The van der Waals surface area contributed by atoms with Gasteiger partial charge >= 0.3 is 0 Å². The van der Waals surface area contributed by atoms with Crippen LogP contribution in [0.4, 0.5) is 8.78 Å². The molecule has 2 rings (SSSR count). The highest BCUT2D eigenvalue weighted by Crippen LogP contribution is 2.33. The maximum atomic E-state index is 12.1. The first kappa shape index (κ1) is 13.5. The van der Waals surface area contributed by atoms with Crippen LogP contribution in [0.1, 0.15) is 10.4 Å². The first-order chi connectivity index (χ1) is 9.09. The highest BCUT2D eigenvalue weighted by molar-refractivity contribution is 5.97. The van der Waals surface area contributed by atoms with E-state index >= 15 is 0 Å². The Bertz CT molecular complexity index is 467. The Morgan fingerprint density at radius 1 is 1.37 bits per heavy atom. The number of benzene rings is 1. The number of ether oxygens (including phenoxy) is 2. The zero-order valence-corrected chi connectivity index (χ0v) is 9.94. The van der Waals surface area contributed by atoms with Gasteiger partial charge in [0.15, 0.2) is 11.5 Å². The van der Waals surface area contributed by atoms with E-state index in [4.69, 9.17) is 14.6 Å². The van der Waals surface area contributed by atoms with Gasteiger partial charge < -0.3 is 19.9 Å². The summed E-state index contributed by atoms with van der Waals surface area (Å²) < 4.78 is 34.9. The summed E-state index contributed by atoms with van der Waals surface area (Å²) in [5.41, 5.74) is 0.193. The van der Waals surface area contributed by atoms with E-state index in [9.17, 15) is 13.6 Å². The van der Waals surface area contributed by atoms with Crippen LogP contribution in [0.3, 0.4) is 0 Å². The number of hydrogen-bond donors (Lipinski definition) is 2. The van der Waals surface area contributed by atoms with Gasteiger partial charge in [0.25, 0.3) is 12.3 Å². The van der Waals surface area contributed by atoms with Crippen molar-refractivity contribution in [2.24, 2.45) is 0 Å². The molecule has 0 radical (unpaired) electrons. The van der Waals surface area contributed by atoms with Gasteiger partial charge in [-0.2, -0.15) is 0 Å². The number of aliphatic hydroxyl groups is 1. The first-order valence-corrected chi connectivity index (χ1v) is 5.72. The van der Waals surface area contributed by atoms with Crippen molar-refractivity contribution in [2.75, 3.05) is 19.8 Å². The quantitative estimate of drug-likeness (QED) is 0.852. The monoisotopic (exact) mass is 273 g/mol. The third kappa shape index (κ3) is 3.11. The van der Waals surface area contributed by atoms with Crippen molar-refractivity contribution in [1.82, 2.24) is 5.32 Å². The van der Waals surface area contributed by atoms with Crippen molar-refractivity contribution in [3.63, 3.8) is 0 Å². The van der Waals surface area contributed by atoms with E-state index in [1.165, 1.54) is 6.07 Å². The van der Waals surface area contributed by atoms with E-state index in [-0.39, 0.29) is 11.3 Å². The second kappa shape index (κ2) is 5.83. The Balaban J connectivity index is 2.07. The van der Waals surface area contributed by atoms with Gasteiger partial charge in [-0.3, -0.25) is 4.79 Å². The van der Waals surface area contributed by atoms with Gasteiger partial charge in [-0.1, -0.05) is 6.07 Å². The molecule has 0 aromatic heterocycles. The molecule has 1 atom stereocenters. The third-order valence-electron chi connectivity index (χ3n) is 2.57. The number of hydrogen-bond acceptors (Lipinski definition) is 4. The Kier molecular flexibility index (Phi) is 4.16. The van der Waals surface area contributed by atoms with E-state index in [0.29, 0.717) is 19.0 Å². The van der Waals surface area contributed by atoms with E-state index in [0.717, 1.165) is 0 Å². The predicted molar refractivity (Wildman–Crippen MR) is 61.8 cm³/mol. The molecule has 0 fully saturated rings. The molecular formula is C12H13F2NO4. The van der Waals surface area contributed by atoms with E-state index < -0.39 is 25.0 Å². The van der Waals surface area contributed by atoms with Crippen LogP contribution in [0.5, 0.6) is 11.5 Å². The molecule has 1 amide bonds. The topological polar surface area (TPSA) is 67.8 Å². The molecule has 5 nitrogen and oxygen atoms in total. The lowest BCUT2D eigenvalue weighted by molar-refractivity contribution is -0.00272. The summed E-state index contributed by atoms with van der Waals surface area (Å²) in [5, 5.41) is 11.2. The molecule has 1 unspecified atom stereocenters. The van der Waals surface area contributed by atoms with Crippen LogP contribution in [0, 0.1) is 0 Å². The molecule has 2 N–H and O–H groups in total. The molecule has 19 heavy (non-hydrogen) atoms. The molecule has 1 aromatic carbocycles. The summed E-state index contributed by atoms with van der Waals surface area (Å²) in [6, 6.07) is 4.75. The molecule has 0 saturated carbocycles. The highest BCUT2D eigenvalue weighted by Gasteiger charge is 2.22. The minimum absolute atomic E-state index is 0.193. The number of rotatable bonds is 4. The summed E-state index contributed by atoms with van der Waals surface area (Å²) in [6.07, 6.45) is -4.79. The number of carbonyl (C=O) groups is 1. The number of nitrogens with one attached hydrogen (secondary N) is 1. The summed E-state index contributed by atoms with van der Waals surface area (Å²) in [7, 11) is 0. The Hall–Kier alpha value is -1.89. The predicted octanol–water partition coefficient (Wildman–Crippen LogP) is 0.814. The number of alkyl halides is 2. The van der Waals surface area contributed by atoms with E-state index in [2.05, 4.69) is 5.32 Å². The Labute approximate surface area is 108 Å². The van der Waals surface area contributed by atoms with E-state index in [1.807, 2.05) is 0 Å². The zero-order valence-electron chi connectivity index (χ0n) is 9.94. The molecule has 1 aliphatic rings. The van der Waals surface area contributed by atoms with Gasteiger partial charge in [-0.25, -0.2) is 8.78 Å². The molecule has 1 aliphatic heterocycles. The second-order valence-corrected chi connectivity index (χ2v) is 3.94. The van der Waals surface area contributed by atoms with Crippen molar-refractivity contribution < 1.29 is 28.2 Å². The zero-order chi connectivity index (χ0) is 13.8. The molecule has 0 aliphatic carbocycles. The Morgan fingerprint density at radius 3 is 2.84 bits per heavy atom. The number of aliphatic hydroxyl groups excluding tert-OH is 1. The van der Waals surface area contributed by atoms with Crippen LogP contribution in [-0.4, -0.2) is 43.3 Å². The first-order valence-electron chi connectivity index (χ1n) is 5.72. The van der Waals surface area contributed by atoms with Crippen LogP contribution < -0.4 is 14.8 Å². The molecule has 0 spiro atoms. The Morgan fingerprint density at radius 2 is 2.11 bits per heavy atom. The van der Waals surface area contributed by atoms with E-state index in [1.54, 1.807) is 12.1 Å². The largest absolute Gasteiger partial charge is 0.486 e. The summed E-state index contributed by atoms with van der Waals surface area (Å²) in [6.45, 7) is 0.181. The standard InChI is InChI=1S/C12H13F2NO4/c13-11(14)8(16)6-15-12(17)7-2-1-3-9-10(7)19-5-4-18-9/h1-3,8,11,16H,4-6H2,(H,15,17). The minimum atomic E-state index is -2.90. The summed E-state index contributed by atoms with van der Waals surface area (Å²) in [4.78, 5) is 11.8. The number of carbonyl (C=O) groups excluding carboxylic acids is 1. The number of amides is 1. The molecule has 0 saturated heterocycles. The van der Waals surface area contributed by atoms with Crippen molar-refractivity contribution in [1.29, 1.82) is 0 Å². The molecule has 7 heteroatoms. The SMILES string of the molecule is O=C(NCC(O)C(F)F)c1cccc2c1OCCO2. The fraction of sp³-hybridized carbons (Fsp3) is 0.417. The maximum absolute atomic E-state index is 12.1. The highest BCUT2D eigenvalue weighted by atomic mass is 19.3. The van der Waals surface area contributed by atoms with Gasteiger partial charge in [-0.15, -0.1) is 0 Å². The van der Waals surface area contributed by atoms with Gasteiger partial charge in [0.1, 0.15) is 19.3 Å². The lowest BCUT2D eigenvalue weighted by Crippen LogP contribution is -2.36. The lowest BCUT2D eigenvalue weighted by Gasteiger charge is -2.20. The van der Waals surface area contributed by atoms with Crippen molar-refractivity contribution in [3.8, 4) is 11.5 Å². The molecular weight excluding hydrogens is 260 g/mol. The average Bonchev–Trinajstić information content (AvgIpc) is 2.43. The lowest BCUT2D eigenvalue weighted by atomic mass is 10.1. The van der Waals surface area contributed by atoms with Crippen LogP contribution in [0.2, 0.25) is 0 Å². The van der Waals surface area contributed by atoms with Gasteiger partial charge in [0, 0.05) is 6.54 Å². The van der Waals surface area contributed by atoms with Crippen LogP contribution in [0.15, 0.2) is 18.2 Å². The number of fused-ring (bicyclic) bond motifs is 1. The van der Waals surface area contributed by atoms with Crippen LogP contribution in [-0.2, 0) is 0 Å². The number of halogens is 2. The smallest absolute Gasteiger partial charge is 0.265 e. The second-order valence-electron chi connectivity index (χ2n) is 3.94. The van der Waals surface area contributed by atoms with Gasteiger partial charge in [0.2, 0.25) is 0 Å². The van der Waals surface area contributed by atoms with Crippen molar-refractivity contribution in [3.05, 3.63) is 23.8 Å². The van der Waals surface area contributed by atoms with Gasteiger partial charge in [0.05, 0.1) is 5.56 Å². The van der Waals surface area contributed by atoms with Crippen molar-refractivity contribution >= 4 is 5.91 Å². The van der Waals surface area contributed by atoms with Crippen molar-refractivity contribution in [2.45, 2.75) is 12.5 Å². The number of para-hydroxylation sites is 1. The third-order valence-corrected chi connectivity index (χ3v) is 2.57. The summed E-state index contributed by atoms with van der Waals surface area (Å²) >= 11 is 0. The normalized spacial score (nSPS) is 15.2. The summed E-state index contributed by atoms with van der Waals surface area (Å²) in [5.74, 6) is 0.133. The fourth-order valence-electron chi connectivity index (χ4n) is 1.63.